The van der Waals surface area contributed by atoms with Crippen LogP contribution < -0.4 is 10.6 Å². The van der Waals surface area contributed by atoms with Crippen molar-refractivity contribution >= 4 is 39.0 Å². The second-order valence-electron chi connectivity index (χ2n) is 7.10. The maximum Gasteiger partial charge on any atom is 0.272 e. The molecule has 0 atom stereocenters. The van der Waals surface area contributed by atoms with E-state index in [1.165, 1.54) is 0 Å². The van der Waals surface area contributed by atoms with Gasteiger partial charge >= 0.3 is 0 Å². The van der Waals surface area contributed by atoms with Crippen molar-refractivity contribution in [1.29, 1.82) is 0 Å². The average molecular weight is 367 g/mol. The predicted molar refractivity (Wildman–Crippen MR) is 116 cm³/mol. The van der Waals surface area contributed by atoms with E-state index >= 15 is 0 Å². The molecule has 0 aliphatic carbocycles. The molecule has 28 heavy (non-hydrogen) atoms. The lowest BCUT2D eigenvalue weighted by molar-refractivity contribution is 0.102. The minimum absolute atomic E-state index is 0.101. The molecule has 0 saturated carbocycles. The van der Waals surface area contributed by atoms with Crippen molar-refractivity contribution in [3.63, 3.8) is 0 Å². The van der Waals surface area contributed by atoms with Crippen LogP contribution >= 0.6 is 0 Å². The summed E-state index contributed by atoms with van der Waals surface area (Å²) in [7, 11) is 0. The Hall–Kier alpha value is -3.53. The maximum absolute atomic E-state index is 13.1. The van der Waals surface area contributed by atoms with Gasteiger partial charge in [0.2, 0.25) is 0 Å². The zero-order valence-electron chi connectivity index (χ0n) is 15.7. The normalized spacial score (nSPS) is 14.8. The van der Waals surface area contributed by atoms with Crippen LogP contribution in [0, 0.1) is 0 Å². The molecule has 0 spiro atoms. The third-order valence-electron chi connectivity index (χ3n) is 5.43. The van der Waals surface area contributed by atoms with Gasteiger partial charge in [-0.3, -0.25) is 4.79 Å². The van der Waals surface area contributed by atoms with Gasteiger partial charge in [0.1, 0.15) is 5.69 Å². The van der Waals surface area contributed by atoms with Gasteiger partial charge in [-0.2, -0.15) is 0 Å². The van der Waals surface area contributed by atoms with Crippen LogP contribution in [-0.4, -0.2) is 17.4 Å². The third-order valence-corrected chi connectivity index (χ3v) is 5.43. The monoisotopic (exact) mass is 367 g/mol. The van der Waals surface area contributed by atoms with Crippen molar-refractivity contribution in [3.05, 3.63) is 83.6 Å². The number of aromatic nitrogens is 1. The van der Waals surface area contributed by atoms with Gasteiger partial charge in [-0.1, -0.05) is 48.5 Å². The number of rotatable bonds is 2. The number of aromatic amines is 1. The molecule has 3 aromatic carbocycles. The number of carbonyl (C=O) groups is 1. The summed E-state index contributed by atoms with van der Waals surface area (Å²) in [6, 6.07) is 20.3. The number of hydrogen-bond donors (Lipinski definition) is 3. The van der Waals surface area contributed by atoms with Gasteiger partial charge in [0.25, 0.3) is 5.91 Å². The number of benzene rings is 3. The average Bonchev–Trinajstić information content (AvgIpc) is 2.99. The van der Waals surface area contributed by atoms with Crippen LogP contribution in [0.3, 0.4) is 0 Å². The Morgan fingerprint density at radius 1 is 1.04 bits per heavy atom. The lowest BCUT2D eigenvalue weighted by Gasteiger charge is -2.08. The number of allylic oxidation sites excluding steroid dienone is 1. The van der Waals surface area contributed by atoms with Gasteiger partial charge in [-0.15, -0.1) is 0 Å². The molecule has 138 valence electrons. The van der Waals surface area contributed by atoms with E-state index < -0.39 is 0 Å². The van der Waals surface area contributed by atoms with E-state index in [0.717, 1.165) is 57.2 Å². The summed E-state index contributed by atoms with van der Waals surface area (Å²) in [6.45, 7) is 2.84. The second-order valence-corrected chi connectivity index (χ2v) is 7.10. The van der Waals surface area contributed by atoms with Gasteiger partial charge in [0, 0.05) is 34.4 Å². The Balaban J connectivity index is 1.57. The summed E-state index contributed by atoms with van der Waals surface area (Å²) in [5, 5.41) is 9.96. The van der Waals surface area contributed by atoms with Crippen LogP contribution in [0.1, 0.15) is 28.5 Å². The molecule has 1 aromatic heterocycles. The topological polar surface area (TPSA) is 56.9 Å². The molecule has 3 N–H and O–H groups in total. The Morgan fingerprint density at radius 2 is 1.89 bits per heavy atom. The van der Waals surface area contributed by atoms with E-state index in [1.54, 1.807) is 0 Å². The number of carbonyl (C=O) groups excluding carboxylic acids is 1. The summed E-state index contributed by atoms with van der Waals surface area (Å²) < 4.78 is 0. The highest BCUT2D eigenvalue weighted by atomic mass is 16.1. The Morgan fingerprint density at radius 3 is 2.75 bits per heavy atom. The standard InChI is InChI=1S/C24H21N3O/c1-2-20-18-8-5-9-21-22(18)19(12-13-25-20)23(27-21)24(28)26-17-11-10-15-6-3-4-7-16(15)14-17/h2-11,14,25,27H,12-13H2,1H3,(H,26,28)/b20-2-. The zero-order valence-corrected chi connectivity index (χ0v) is 15.7. The molecule has 0 bridgehead atoms. The minimum Gasteiger partial charge on any atom is -0.384 e. The second kappa shape index (κ2) is 6.57. The SMILES string of the molecule is C/C=C1\NCCc2c(C(=O)Nc3ccc4ccccc4c3)[nH]c3cccc1c23. The van der Waals surface area contributed by atoms with Crippen LogP contribution in [0.2, 0.25) is 0 Å². The molecule has 5 rings (SSSR count). The largest absolute Gasteiger partial charge is 0.384 e. The van der Waals surface area contributed by atoms with Crippen LogP contribution in [-0.2, 0) is 6.42 Å². The molecule has 1 amide bonds. The van der Waals surface area contributed by atoms with Gasteiger partial charge in [-0.25, -0.2) is 0 Å². The maximum atomic E-state index is 13.1. The van der Waals surface area contributed by atoms with Crippen molar-refractivity contribution in [1.82, 2.24) is 10.3 Å². The molecule has 4 aromatic rings. The minimum atomic E-state index is -0.101. The highest BCUT2D eigenvalue weighted by Gasteiger charge is 2.23. The fraction of sp³-hybridized carbons (Fsp3) is 0.125. The first-order valence-corrected chi connectivity index (χ1v) is 9.59. The number of hydrogen-bond acceptors (Lipinski definition) is 2. The molecule has 0 fully saturated rings. The number of amides is 1. The summed E-state index contributed by atoms with van der Waals surface area (Å²) in [4.78, 5) is 16.5. The van der Waals surface area contributed by atoms with Crippen molar-refractivity contribution in [3.8, 4) is 0 Å². The Labute approximate surface area is 163 Å². The van der Waals surface area contributed by atoms with Gasteiger partial charge in [-0.05, 0) is 47.9 Å². The van der Waals surface area contributed by atoms with Crippen LogP contribution in [0.15, 0.2) is 66.7 Å². The van der Waals surface area contributed by atoms with E-state index in [0.29, 0.717) is 5.69 Å². The molecule has 0 radical (unpaired) electrons. The summed E-state index contributed by atoms with van der Waals surface area (Å²) in [6.07, 6.45) is 2.89. The molecule has 0 saturated heterocycles. The first kappa shape index (κ1) is 16.6. The summed E-state index contributed by atoms with van der Waals surface area (Å²) >= 11 is 0. The van der Waals surface area contributed by atoms with E-state index in [1.807, 2.05) is 49.4 Å². The first-order valence-electron chi connectivity index (χ1n) is 9.59. The smallest absolute Gasteiger partial charge is 0.272 e. The highest BCUT2D eigenvalue weighted by molar-refractivity contribution is 6.10. The van der Waals surface area contributed by atoms with Crippen LogP contribution in [0.5, 0.6) is 0 Å². The molecule has 1 aliphatic heterocycles. The molecular weight excluding hydrogens is 346 g/mol. The van der Waals surface area contributed by atoms with Crippen molar-refractivity contribution in [2.24, 2.45) is 0 Å². The number of anilines is 1. The van der Waals surface area contributed by atoms with Crippen molar-refractivity contribution in [2.45, 2.75) is 13.3 Å². The van der Waals surface area contributed by atoms with Gasteiger partial charge < -0.3 is 15.6 Å². The molecule has 4 nitrogen and oxygen atoms in total. The number of H-pyrrole nitrogens is 1. The molecule has 4 heteroatoms. The van der Waals surface area contributed by atoms with Gasteiger partial charge in [0.05, 0.1) is 0 Å². The van der Waals surface area contributed by atoms with Crippen molar-refractivity contribution in [2.75, 3.05) is 11.9 Å². The third kappa shape index (κ3) is 2.65. The highest BCUT2D eigenvalue weighted by Crippen LogP contribution is 2.32. The van der Waals surface area contributed by atoms with Crippen LogP contribution in [0.4, 0.5) is 5.69 Å². The van der Waals surface area contributed by atoms with E-state index in [2.05, 4.69) is 39.9 Å². The summed E-state index contributed by atoms with van der Waals surface area (Å²) in [5.41, 5.74) is 5.79. The van der Waals surface area contributed by atoms with Crippen molar-refractivity contribution < 1.29 is 4.79 Å². The fourth-order valence-electron chi connectivity index (χ4n) is 4.12. The lowest BCUT2D eigenvalue weighted by Crippen LogP contribution is -2.17. The number of fused-ring (bicyclic) bond motifs is 1. The molecule has 2 heterocycles. The molecular formula is C24H21N3O. The molecule has 0 unspecified atom stereocenters. The van der Waals surface area contributed by atoms with Gasteiger partial charge in [0.15, 0.2) is 0 Å². The Bertz CT molecular complexity index is 1250. The van der Waals surface area contributed by atoms with Crippen LogP contribution in [0.25, 0.3) is 27.4 Å². The quantitative estimate of drug-likeness (QED) is 0.463. The molecule has 1 aliphatic rings. The predicted octanol–water partition coefficient (Wildman–Crippen LogP) is 5.08. The summed E-state index contributed by atoms with van der Waals surface area (Å²) in [5.74, 6) is -0.101. The van der Waals surface area contributed by atoms with E-state index in [9.17, 15) is 4.79 Å². The van der Waals surface area contributed by atoms with E-state index in [-0.39, 0.29) is 5.91 Å². The first-order chi connectivity index (χ1) is 13.7. The Kier molecular flexibility index (Phi) is 3.90. The number of nitrogens with one attached hydrogen (secondary N) is 3. The van der Waals surface area contributed by atoms with E-state index in [4.69, 9.17) is 0 Å². The lowest BCUT2D eigenvalue weighted by atomic mass is 10.0. The fourth-order valence-corrected chi connectivity index (χ4v) is 4.12. The zero-order chi connectivity index (χ0) is 19.1.